The maximum atomic E-state index is 13.5. The topological polar surface area (TPSA) is 55.5 Å². The number of methoxy groups -OCH3 is 1. The first kappa shape index (κ1) is 10.2. The number of hydrogen-bond donors (Lipinski definition) is 2. The van der Waals surface area contributed by atoms with Crippen LogP contribution < -0.4 is 10.5 Å². The molecule has 0 spiro atoms. The van der Waals surface area contributed by atoms with Gasteiger partial charge in [0, 0.05) is 11.1 Å². The Bertz CT molecular complexity index is 388. The van der Waals surface area contributed by atoms with Gasteiger partial charge in [-0.05, 0) is 31.4 Å². The summed E-state index contributed by atoms with van der Waals surface area (Å²) in [6.07, 6.45) is 2.59. The first-order valence-corrected chi connectivity index (χ1v) is 4.93. The Labute approximate surface area is 87.7 Å². The lowest BCUT2D eigenvalue weighted by Crippen LogP contribution is -2.43. The van der Waals surface area contributed by atoms with E-state index < -0.39 is 11.4 Å². The molecule has 1 aromatic carbocycles. The normalized spacial score (nSPS) is 18.3. The van der Waals surface area contributed by atoms with Gasteiger partial charge in [0.25, 0.3) is 0 Å². The predicted molar refractivity (Wildman–Crippen MR) is 54.3 cm³/mol. The summed E-state index contributed by atoms with van der Waals surface area (Å²) in [7, 11) is 1.36. The number of rotatable bonds is 2. The van der Waals surface area contributed by atoms with Crippen LogP contribution in [0.2, 0.25) is 0 Å². The van der Waals surface area contributed by atoms with Crippen LogP contribution in [-0.4, -0.2) is 12.2 Å². The Balaban J connectivity index is 2.46. The van der Waals surface area contributed by atoms with Gasteiger partial charge in [-0.25, -0.2) is 0 Å². The second-order valence-electron chi connectivity index (χ2n) is 3.99. The van der Waals surface area contributed by atoms with E-state index in [0.717, 1.165) is 19.3 Å². The highest BCUT2D eigenvalue weighted by Crippen LogP contribution is 2.44. The lowest BCUT2D eigenvalue weighted by Gasteiger charge is -2.38. The van der Waals surface area contributed by atoms with Crippen LogP contribution in [0.3, 0.4) is 0 Å². The van der Waals surface area contributed by atoms with Crippen molar-refractivity contribution in [2.75, 3.05) is 7.11 Å². The van der Waals surface area contributed by atoms with Crippen LogP contribution in [0.15, 0.2) is 12.1 Å². The second kappa shape index (κ2) is 3.38. The van der Waals surface area contributed by atoms with Crippen molar-refractivity contribution in [2.45, 2.75) is 24.8 Å². The van der Waals surface area contributed by atoms with Crippen molar-refractivity contribution in [3.05, 3.63) is 23.5 Å². The molecule has 1 fully saturated rings. The average Bonchev–Trinajstić information content (AvgIpc) is 2.19. The summed E-state index contributed by atoms with van der Waals surface area (Å²) in [5.41, 5.74) is 5.94. The Kier molecular flexibility index (Phi) is 2.31. The van der Waals surface area contributed by atoms with Gasteiger partial charge in [-0.3, -0.25) is 0 Å². The van der Waals surface area contributed by atoms with E-state index in [9.17, 15) is 9.50 Å². The molecule has 0 saturated heterocycles. The largest absolute Gasteiger partial charge is 0.504 e. The fraction of sp³-hybridized carbons (Fsp3) is 0.455. The van der Waals surface area contributed by atoms with Crippen LogP contribution in [0.1, 0.15) is 24.8 Å². The SMILES string of the molecule is COc1ccc(C2(N)CCC2)c(O)c1F. The monoisotopic (exact) mass is 211 g/mol. The molecule has 0 atom stereocenters. The van der Waals surface area contributed by atoms with Crippen LogP contribution in [0, 0.1) is 5.82 Å². The zero-order valence-corrected chi connectivity index (χ0v) is 8.59. The van der Waals surface area contributed by atoms with Gasteiger partial charge in [0.1, 0.15) is 0 Å². The van der Waals surface area contributed by atoms with Crippen LogP contribution in [0.4, 0.5) is 4.39 Å². The van der Waals surface area contributed by atoms with Gasteiger partial charge in [-0.2, -0.15) is 4.39 Å². The van der Waals surface area contributed by atoms with E-state index in [1.807, 2.05) is 0 Å². The maximum absolute atomic E-state index is 13.5. The standard InChI is InChI=1S/C11H14FNO2/c1-15-8-4-3-7(10(14)9(8)12)11(13)5-2-6-11/h3-4,14H,2,5-6,13H2,1H3. The number of phenols is 1. The zero-order chi connectivity index (χ0) is 11.1. The lowest BCUT2D eigenvalue weighted by atomic mass is 9.72. The Morgan fingerprint density at radius 2 is 2.13 bits per heavy atom. The molecule has 1 aliphatic carbocycles. The highest BCUT2D eigenvalue weighted by atomic mass is 19.1. The molecule has 0 aliphatic heterocycles. The number of ether oxygens (including phenoxy) is 1. The summed E-state index contributed by atoms with van der Waals surface area (Å²) in [5.74, 6) is -1.07. The van der Waals surface area contributed by atoms with Crippen molar-refractivity contribution >= 4 is 0 Å². The minimum Gasteiger partial charge on any atom is -0.504 e. The van der Waals surface area contributed by atoms with E-state index >= 15 is 0 Å². The molecular weight excluding hydrogens is 197 g/mol. The molecule has 0 amide bonds. The van der Waals surface area contributed by atoms with Gasteiger partial charge in [0.2, 0.25) is 5.82 Å². The summed E-state index contributed by atoms with van der Waals surface area (Å²) in [6, 6.07) is 3.13. The van der Waals surface area contributed by atoms with Crippen molar-refractivity contribution in [2.24, 2.45) is 5.73 Å². The molecule has 0 unspecified atom stereocenters. The van der Waals surface area contributed by atoms with E-state index in [2.05, 4.69) is 0 Å². The van der Waals surface area contributed by atoms with Crippen molar-refractivity contribution in [1.29, 1.82) is 0 Å². The predicted octanol–water partition coefficient (Wildman–Crippen LogP) is 1.88. The van der Waals surface area contributed by atoms with E-state index in [-0.39, 0.29) is 11.5 Å². The molecular formula is C11H14FNO2. The minimum absolute atomic E-state index is 0.0409. The number of aromatic hydroxyl groups is 1. The molecule has 3 nitrogen and oxygen atoms in total. The van der Waals surface area contributed by atoms with Crippen LogP contribution in [-0.2, 0) is 5.54 Å². The molecule has 4 heteroatoms. The van der Waals surface area contributed by atoms with Gasteiger partial charge >= 0.3 is 0 Å². The molecule has 2 rings (SSSR count). The molecule has 0 aromatic heterocycles. The third kappa shape index (κ3) is 1.45. The molecule has 0 radical (unpaired) electrons. The van der Waals surface area contributed by atoms with Crippen molar-refractivity contribution in [3.63, 3.8) is 0 Å². The second-order valence-corrected chi connectivity index (χ2v) is 3.99. The fourth-order valence-electron chi connectivity index (χ4n) is 1.93. The van der Waals surface area contributed by atoms with Gasteiger partial charge in [-0.1, -0.05) is 0 Å². The minimum atomic E-state index is -0.730. The van der Waals surface area contributed by atoms with E-state index in [4.69, 9.17) is 10.5 Å². The maximum Gasteiger partial charge on any atom is 0.206 e. The highest BCUT2D eigenvalue weighted by Gasteiger charge is 2.37. The number of nitrogens with two attached hydrogens (primary N) is 1. The Hall–Kier alpha value is -1.29. The summed E-state index contributed by atoms with van der Waals surface area (Å²) < 4.78 is 18.3. The third-order valence-electron chi connectivity index (χ3n) is 3.08. The van der Waals surface area contributed by atoms with Crippen molar-refractivity contribution < 1.29 is 14.2 Å². The first-order valence-electron chi connectivity index (χ1n) is 4.93. The molecule has 1 aliphatic rings. The number of benzene rings is 1. The Morgan fingerprint density at radius 1 is 1.47 bits per heavy atom. The van der Waals surface area contributed by atoms with Crippen molar-refractivity contribution in [3.8, 4) is 11.5 Å². The third-order valence-corrected chi connectivity index (χ3v) is 3.08. The quantitative estimate of drug-likeness (QED) is 0.785. The van der Waals surface area contributed by atoms with E-state index in [1.165, 1.54) is 13.2 Å². The molecule has 1 aromatic rings. The molecule has 1 saturated carbocycles. The number of hydrogen-bond acceptors (Lipinski definition) is 3. The molecule has 15 heavy (non-hydrogen) atoms. The molecule has 0 heterocycles. The van der Waals surface area contributed by atoms with Crippen LogP contribution in [0.5, 0.6) is 11.5 Å². The fourth-order valence-corrected chi connectivity index (χ4v) is 1.93. The highest BCUT2D eigenvalue weighted by molar-refractivity contribution is 5.46. The Morgan fingerprint density at radius 3 is 2.60 bits per heavy atom. The molecule has 3 N–H and O–H groups in total. The summed E-state index contributed by atoms with van der Waals surface area (Å²) >= 11 is 0. The lowest BCUT2D eigenvalue weighted by molar-refractivity contribution is 0.241. The van der Waals surface area contributed by atoms with Gasteiger partial charge in [0.05, 0.1) is 7.11 Å². The number of halogens is 1. The zero-order valence-electron chi connectivity index (χ0n) is 8.59. The van der Waals surface area contributed by atoms with Crippen LogP contribution in [0.25, 0.3) is 0 Å². The van der Waals surface area contributed by atoms with Crippen LogP contribution >= 0.6 is 0 Å². The molecule has 82 valence electrons. The van der Waals surface area contributed by atoms with Gasteiger partial charge in [0.15, 0.2) is 11.5 Å². The number of phenolic OH excluding ortho intramolecular Hbond substituents is 1. The van der Waals surface area contributed by atoms with E-state index in [0.29, 0.717) is 5.56 Å². The van der Waals surface area contributed by atoms with Gasteiger partial charge < -0.3 is 15.6 Å². The van der Waals surface area contributed by atoms with E-state index in [1.54, 1.807) is 6.07 Å². The average molecular weight is 211 g/mol. The summed E-state index contributed by atoms with van der Waals surface area (Å²) in [4.78, 5) is 0. The smallest absolute Gasteiger partial charge is 0.206 e. The first-order chi connectivity index (χ1) is 7.08. The van der Waals surface area contributed by atoms with Gasteiger partial charge in [-0.15, -0.1) is 0 Å². The molecule has 0 bridgehead atoms. The van der Waals surface area contributed by atoms with Crippen molar-refractivity contribution in [1.82, 2.24) is 0 Å². The summed E-state index contributed by atoms with van der Waals surface area (Å²) in [6.45, 7) is 0. The summed E-state index contributed by atoms with van der Waals surface area (Å²) in [5, 5.41) is 9.68.